The third-order valence-corrected chi connectivity index (χ3v) is 3.79. The van der Waals surface area contributed by atoms with Crippen LogP contribution in [0.15, 0.2) is 17.0 Å². The van der Waals surface area contributed by atoms with Crippen molar-refractivity contribution in [2.75, 3.05) is 34.1 Å². The van der Waals surface area contributed by atoms with Gasteiger partial charge in [-0.3, -0.25) is 0 Å². The van der Waals surface area contributed by atoms with Gasteiger partial charge in [0.05, 0.1) is 20.3 Å². The average Bonchev–Trinajstić information content (AvgIpc) is 2.36. The fraction of sp³-hybridized carbons (Fsp3) is 0.500. The lowest BCUT2D eigenvalue weighted by molar-refractivity contribution is 0.172. The maximum absolute atomic E-state index is 11.7. The first-order chi connectivity index (χ1) is 8.85. The predicted molar refractivity (Wildman–Crippen MR) is 71.5 cm³/mol. The van der Waals surface area contributed by atoms with E-state index in [-0.39, 0.29) is 10.6 Å². The third kappa shape index (κ3) is 3.59. The monoisotopic (exact) mass is 289 g/mol. The Kier molecular flexibility index (Phi) is 5.16. The summed E-state index contributed by atoms with van der Waals surface area (Å²) in [6, 6.07) is 2.85. The van der Waals surface area contributed by atoms with E-state index in [4.69, 9.17) is 9.47 Å². The van der Waals surface area contributed by atoms with E-state index < -0.39 is 15.9 Å². The quantitative estimate of drug-likeness (QED) is 0.786. The number of nitrogens with one attached hydrogen (secondary N) is 1. The van der Waals surface area contributed by atoms with Crippen molar-refractivity contribution in [2.24, 2.45) is 0 Å². The van der Waals surface area contributed by atoms with Gasteiger partial charge in [0.15, 0.2) is 9.84 Å². The molecular weight excluding hydrogens is 270 g/mol. The third-order valence-electron chi connectivity index (χ3n) is 2.67. The molecule has 0 spiro atoms. The van der Waals surface area contributed by atoms with Crippen LogP contribution in [-0.2, 0) is 9.84 Å². The van der Waals surface area contributed by atoms with Gasteiger partial charge in [-0.2, -0.15) is 0 Å². The highest BCUT2D eigenvalue weighted by atomic mass is 32.2. The fourth-order valence-corrected chi connectivity index (χ4v) is 2.58. The largest absolute Gasteiger partial charge is 0.496 e. The number of methoxy groups -OCH3 is 2. The normalized spacial score (nSPS) is 13.1. The van der Waals surface area contributed by atoms with Crippen molar-refractivity contribution >= 4 is 9.84 Å². The second-order valence-corrected chi connectivity index (χ2v) is 6.07. The molecule has 1 aromatic rings. The Morgan fingerprint density at radius 1 is 1.26 bits per heavy atom. The maximum atomic E-state index is 11.7. The molecule has 19 heavy (non-hydrogen) atoms. The molecular formula is C12H19NO5S. The van der Waals surface area contributed by atoms with Crippen LogP contribution in [0.3, 0.4) is 0 Å². The molecule has 0 bridgehead atoms. The van der Waals surface area contributed by atoms with E-state index >= 15 is 0 Å². The Hall–Kier alpha value is -1.31. The van der Waals surface area contributed by atoms with Crippen LogP contribution in [0.1, 0.15) is 11.7 Å². The number of aliphatic hydroxyl groups is 1. The van der Waals surface area contributed by atoms with E-state index in [9.17, 15) is 13.5 Å². The lowest BCUT2D eigenvalue weighted by Gasteiger charge is -2.17. The second-order valence-electron chi connectivity index (χ2n) is 4.09. The molecule has 1 aromatic carbocycles. The first-order valence-corrected chi connectivity index (χ1v) is 7.53. The number of hydrogen-bond acceptors (Lipinski definition) is 6. The number of aliphatic hydroxyl groups excluding tert-OH is 1. The van der Waals surface area contributed by atoms with Gasteiger partial charge in [-0.25, -0.2) is 8.42 Å². The number of likely N-dealkylation sites (N-methyl/N-ethyl adjacent to an activating group) is 1. The van der Waals surface area contributed by atoms with Crippen molar-refractivity contribution in [3.63, 3.8) is 0 Å². The lowest BCUT2D eigenvalue weighted by Crippen LogP contribution is -2.17. The van der Waals surface area contributed by atoms with Crippen molar-refractivity contribution in [3.8, 4) is 11.5 Å². The highest BCUT2D eigenvalue weighted by Crippen LogP contribution is 2.35. The minimum Gasteiger partial charge on any atom is -0.496 e. The maximum Gasteiger partial charge on any atom is 0.179 e. The first kappa shape index (κ1) is 15.7. The van der Waals surface area contributed by atoms with Crippen LogP contribution in [0.4, 0.5) is 0 Å². The minimum atomic E-state index is -3.44. The summed E-state index contributed by atoms with van der Waals surface area (Å²) in [7, 11) is 1.07. The van der Waals surface area contributed by atoms with Gasteiger partial charge in [-0.1, -0.05) is 0 Å². The topological polar surface area (TPSA) is 84.9 Å². The number of hydrogen-bond donors (Lipinski definition) is 2. The molecule has 0 aliphatic rings. The van der Waals surface area contributed by atoms with Crippen LogP contribution in [0, 0.1) is 0 Å². The molecule has 1 unspecified atom stereocenters. The van der Waals surface area contributed by atoms with Crippen LogP contribution in [-0.4, -0.2) is 47.6 Å². The molecule has 1 rings (SSSR count). The molecule has 0 fully saturated rings. The van der Waals surface area contributed by atoms with Gasteiger partial charge < -0.3 is 19.9 Å². The van der Waals surface area contributed by atoms with Crippen molar-refractivity contribution in [2.45, 2.75) is 11.0 Å². The summed E-state index contributed by atoms with van der Waals surface area (Å²) in [5, 5.41) is 12.8. The van der Waals surface area contributed by atoms with Gasteiger partial charge in [-0.05, 0) is 13.1 Å². The van der Waals surface area contributed by atoms with E-state index in [0.29, 0.717) is 17.9 Å². The number of benzene rings is 1. The van der Waals surface area contributed by atoms with Gasteiger partial charge in [-0.15, -0.1) is 0 Å². The summed E-state index contributed by atoms with van der Waals surface area (Å²) in [4.78, 5) is 0.0345. The van der Waals surface area contributed by atoms with Crippen molar-refractivity contribution in [3.05, 3.63) is 17.7 Å². The van der Waals surface area contributed by atoms with Crippen LogP contribution in [0.2, 0.25) is 0 Å². The Morgan fingerprint density at radius 3 is 2.26 bits per heavy atom. The van der Waals surface area contributed by atoms with Gasteiger partial charge in [0.25, 0.3) is 0 Å². The average molecular weight is 289 g/mol. The molecule has 6 nitrogen and oxygen atoms in total. The number of rotatable bonds is 6. The molecule has 0 saturated carbocycles. The Balaban J connectivity index is 3.44. The Morgan fingerprint density at radius 2 is 1.84 bits per heavy atom. The predicted octanol–water partition coefficient (Wildman–Crippen LogP) is 0.360. The van der Waals surface area contributed by atoms with E-state index in [0.717, 1.165) is 6.26 Å². The van der Waals surface area contributed by atoms with Gasteiger partial charge in [0, 0.05) is 24.4 Å². The summed E-state index contributed by atoms with van der Waals surface area (Å²) in [6.07, 6.45) is 0.274. The van der Waals surface area contributed by atoms with Gasteiger partial charge >= 0.3 is 0 Å². The first-order valence-electron chi connectivity index (χ1n) is 5.63. The van der Waals surface area contributed by atoms with Crippen molar-refractivity contribution < 1.29 is 23.0 Å². The number of ether oxygens (including phenoxy) is 2. The Bertz CT molecular complexity index is 541. The van der Waals surface area contributed by atoms with Crippen molar-refractivity contribution in [1.82, 2.24) is 5.32 Å². The summed E-state index contributed by atoms with van der Waals surface area (Å²) in [5.74, 6) is 0.498. The highest BCUT2D eigenvalue weighted by Gasteiger charge is 2.21. The number of sulfone groups is 1. The molecule has 0 aliphatic carbocycles. The van der Waals surface area contributed by atoms with Crippen LogP contribution in [0.5, 0.6) is 11.5 Å². The molecule has 0 radical (unpaired) electrons. The van der Waals surface area contributed by atoms with Gasteiger partial charge in [0.1, 0.15) is 16.4 Å². The molecule has 0 heterocycles. The molecule has 0 aliphatic heterocycles. The standard InChI is InChI=1S/C12H19NO5S/c1-13-7-9(14)8-5-11(18-3)12(19(4,15)16)6-10(8)17-2/h5-6,9,13-14H,7H2,1-4H3. The van der Waals surface area contributed by atoms with Gasteiger partial charge in [0.2, 0.25) is 0 Å². The van der Waals surface area contributed by atoms with Crippen LogP contribution in [0.25, 0.3) is 0 Å². The fourth-order valence-electron chi connectivity index (χ4n) is 1.75. The smallest absolute Gasteiger partial charge is 0.179 e. The zero-order valence-electron chi connectivity index (χ0n) is 11.4. The lowest BCUT2D eigenvalue weighted by atomic mass is 10.1. The molecule has 0 saturated heterocycles. The zero-order valence-corrected chi connectivity index (χ0v) is 12.2. The summed E-state index contributed by atoms with van der Waals surface area (Å²) in [6.45, 7) is 0.317. The highest BCUT2D eigenvalue weighted by molar-refractivity contribution is 7.90. The van der Waals surface area contributed by atoms with Crippen molar-refractivity contribution in [1.29, 1.82) is 0 Å². The molecule has 0 aromatic heterocycles. The molecule has 7 heteroatoms. The molecule has 0 amide bonds. The Labute approximate surface area is 113 Å². The van der Waals surface area contributed by atoms with Crippen LogP contribution < -0.4 is 14.8 Å². The SMILES string of the molecule is CNCC(O)c1cc(OC)c(S(C)(=O)=O)cc1OC. The van der Waals surface area contributed by atoms with E-state index in [2.05, 4.69) is 5.32 Å². The molecule has 1 atom stereocenters. The summed E-state index contributed by atoms with van der Waals surface area (Å²) >= 11 is 0. The van der Waals surface area contributed by atoms with E-state index in [1.807, 2.05) is 0 Å². The second kappa shape index (κ2) is 6.23. The van der Waals surface area contributed by atoms with Crippen LogP contribution >= 0.6 is 0 Å². The molecule has 2 N–H and O–H groups in total. The molecule has 108 valence electrons. The minimum absolute atomic E-state index is 0.0345. The summed E-state index contributed by atoms with van der Waals surface area (Å²) in [5.41, 5.74) is 0.473. The van der Waals surface area contributed by atoms with E-state index in [1.165, 1.54) is 26.4 Å². The van der Waals surface area contributed by atoms with E-state index in [1.54, 1.807) is 7.05 Å². The summed E-state index contributed by atoms with van der Waals surface area (Å²) < 4.78 is 33.6. The zero-order chi connectivity index (χ0) is 14.6.